The number of piperazine rings is 1. The van der Waals surface area contributed by atoms with Gasteiger partial charge in [-0.2, -0.15) is 0 Å². The van der Waals surface area contributed by atoms with Gasteiger partial charge in [-0.3, -0.25) is 0 Å². The van der Waals surface area contributed by atoms with Crippen molar-refractivity contribution in [1.82, 2.24) is 24.4 Å². The first-order chi connectivity index (χ1) is 14.7. The van der Waals surface area contributed by atoms with E-state index in [1.54, 1.807) is 0 Å². The summed E-state index contributed by atoms with van der Waals surface area (Å²) in [6.45, 7) is 7.49. The summed E-state index contributed by atoms with van der Waals surface area (Å²) >= 11 is 0. The van der Waals surface area contributed by atoms with Crippen molar-refractivity contribution in [3.05, 3.63) is 30.6 Å². The SMILES string of the molecule is CCCCCCNc1nc(-c2ccc(N3CCN(C)CC3)cc2)nc2c1ncn2C. The molecule has 0 aliphatic carbocycles. The van der Waals surface area contributed by atoms with E-state index in [1.807, 2.05) is 17.9 Å². The molecule has 2 aromatic heterocycles. The number of nitrogens with one attached hydrogen (secondary N) is 1. The molecule has 0 atom stereocenters. The Balaban J connectivity index is 1.55. The number of hydrogen-bond donors (Lipinski definition) is 1. The molecule has 4 rings (SSSR count). The minimum Gasteiger partial charge on any atom is -0.369 e. The van der Waals surface area contributed by atoms with Gasteiger partial charge in [0.2, 0.25) is 0 Å². The standard InChI is InChI=1S/C23H33N7/c1-4-5-6-7-12-24-22-20-23(29(3)17-25-20)27-21(26-22)18-8-10-19(11-9-18)30-15-13-28(2)14-16-30/h8-11,17H,4-7,12-16H2,1-3H3,(H,24,26,27). The molecule has 7 nitrogen and oxygen atoms in total. The van der Waals surface area contributed by atoms with Crippen LogP contribution in [0.1, 0.15) is 32.6 Å². The van der Waals surface area contributed by atoms with E-state index in [-0.39, 0.29) is 0 Å². The molecule has 160 valence electrons. The van der Waals surface area contributed by atoms with Crippen molar-refractivity contribution in [1.29, 1.82) is 0 Å². The lowest BCUT2D eigenvalue weighted by atomic mass is 10.1. The van der Waals surface area contributed by atoms with Gasteiger partial charge in [-0.15, -0.1) is 0 Å². The molecular weight excluding hydrogens is 374 g/mol. The maximum atomic E-state index is 4.84. The van der Waals surface area contributed by atoms with Crippen molar-refractivity contribution in [3.63, 3.8) is 0 Å². The van der Waals surface area contributed by atoms with E-state index in [1.165, 1.54) is 24.9 Å². The van der Waals surface area contributed by atoms with Crippen molar-refractivity contribution < 1.29 is 0 Å². The average molecular weight is 408 g/mol. The van der Waals surface area contributed by atoms with Crippen LogP contribution in [-0.2, 0) is 7.05 Å². The fraction of sp³-hybridized carbons (Fsp3) is 0.522. The normalized spacial score (nSPS) is 15.1. The third-order valence-electron chi connectivity index (χ3n) is 5.88. The van der Waals surface area contributed by atoms with Crippen molar-refractivity contribution >= 4 is 22.7 Å². The van der Waals surface area contributed by atoms with Gasteiger partial charge < -0.3 is 19.7 Å². The Bertz CT molecular complexity index is 956. The van der Waals surface area contributed by atoms with Gasteiger partial charge in [0.15, 0.2) is 17.3 Å². The summed E-state index contributed by atoms with van der Waals surface area (Å²) in [7, 11) is 4.16. The maximum absolute atomic E-state index is 4.84. The number of anilines is 2. The van der Waals surface area contributed by atoms with E-state index in [4.69, 9.17) is 9.97 Å². The van der Waals surface area contributed by atoms with Gasteiger partial charge >= 0.3 is 0 Å². The Morgan fingerprint density at radius 2 is 1.70 bits per heavy atom. The summed E-state index contributed by atoms with van der Waals surface area (Å²) in [4.78, 5) is 19.0. The summed E-state index contributed by atoms with van der Waals surface area (Å²) in [5.74, 6) is 1.57. The highest BCUT2D eigenvalue weighted by molar-refractivity contribution is 5.85. The molecule has 1 N–H and O–H groups in total. The Morgan fingerprint density at radius 1 is 0.933 bits per heavy atom. The fourth-order valence-electron chi connectivity index (χ4n) is 3.90. The van der Waals surface area contributed by atoms with Crippen LogP contribution in [-0.4, -0.2) is 64.2 Å². The van der Waals surface area contributed by atoms with Gasteiger partial charge in [0.1, 0.15) is 5.52 Å². The molecule has 0 radical (unpaired) electrons. The number of imidazole rings is 1. The lowest BCUT2D eigenvalue weighted by molar-refractivity contribution is 0.313. The molecule has 7 heteroatoms. The average Bonchev–Trinajstić information content (AvgIpc) is 3.15. The number of aromatic nitrogens is 4. The number of hydrogen-bond acceptors (Lipinski definition) is 6. The predicted molar refractivity (Wildman–Crippen MR) is 124 cm³/mol. The molecule has 0 amide bonds. The third kappa shape index (κ3) is 4.56. The number of likely N-dealkylation sites (N-methyl/N-ethyl adjacent to an activating group) is 1. The lowest BCUT2D eigenvalue weighted by Gasteiger charge is -2.34. The van der Waals surface area contributed by atoms with Crippen LogP contribution < -0.4 is 10.2 Å². The van der Waals surface area contributed by atoms with Gasteiger partial charge in [-0.25, -0.2) is 15.0 Å². The van der Waals surface area contributed by atoms with Crippen LogP contribution in [0.25, 0.3) is 22.6 Å². The van der Waals surface area contributed by atoms with E-state index >= 15 is 0 Å². The molecule has 0 unspecified atom stereocenters. The molecule has 3 heterocycles. The van der Waals surface area contributed by atoms with Gasteiger partial charge in [0.05, 0.1) is 6.33 Å². The maximum Gasteiger partial charge on any atom is 0.165 e. The van der Waals surface area contributed by atoms with E-state index < -0.39 is 0 Å². The third-order valence-corrected chi connectivity index (χ3v) is 5.88. The molecule has 1 aliphatic rings. The molecule has 1 saturated heterocycles. The van der Waals surface area contributed by atoms with Crippen molar-refractivity contribution in [2.75, 3.05) is 50.0 Å². The molecule has 3 aromatic rings. The summed E-state index contributed by atoms with van der Waals surface area (Å²) < 4.78 is 1.96. The summed E-state index contributed by atoms with van der Waals surface area (Å²) in [5.41, 5.74) is 4.00. The van der Waals surface area contributed by atoms with Crippen molar-refractivity contribution in [2.24, 2.45) is 7.05 Å². The molecular formula is C23H33N7. The second-order valence-electron chi connectivity index (χ2n) is 8.25. The summed E-state index contributed by atoms with van der Waals surface area (Å²) in [6.07, 6.45) is 6.70. The Hall–Kier alpha value is -2.67. The minimum atomic E-state index is 0.743. The lowest BCUT2D eigenvalue weighted by Crippen LogP contribution is -2.44. The van der Waals surface area contributed by atoms with Crippen molar-refractivity contribution in [3.8, 4) is 11.4 Å². The first-order valence-corrected chi connectivity index (χ1v) is 11.1. The fourth-order valence-corrected chi connectivity index (χ4v) is 3.90. The van der Waals surface area contributed by atoms with Crippen LogP contribution in [0.2, 0.25) is 0 Å². The zero-order valence-electron chi connectivity index (χ0n) is 18.4. The molecule has 1 fully saturated rings. The number of nitrogens with zero attached hydrogens (tertiary/aromatic N) is 6. The van der Waals surface area contributed by atoms with Crippen LogP contribution in [0.5, 0.6) is 0 Å². The zero-order valence-corrected chi connectivity index (χ0v) is 18.4. The van der Waals surface area contributed by atoms with E-state index in [0.717, 1.165) is 67.5 Å². The van der Waals surface area contributed by atoms with Crippen LogP contribution in [0.3, 0.4) is 0 Å². The number of aryl methyl sites for hydroxylation is 1. The van der Waals surface area contributed by atoms with Crippen LogP contribution in [0.4, 0.5) is 11.5 Å². The van der Waals surface area contributed by atoms with Crippen LogP contribution in [0, 0.1) is 0 Å². The van der Waals surface area contributed by atoms with Gasteiger partial charge in [0, 0.05) is 51.0 Å². The number of benzene rings is 1. The Morgan fingerprint density at radius 3 is 2.43 bits per heavy atom. The van der Waals surface area contributed by atoms with Gasteiger partial charge in [-0.1, -0.05) is 26.2 Å². The second kappa shape index (κ2) is 9.43. The Kier molecular flexibility index (Phi) is 6.47. The van der Waals surface area contributed by atoms with Gasteiger partial charge in [0.25, 0.3) is 0 Å². The Labute approximate surface area is 179 Å². The first kappa shape index (κ1) is 20.6. The molecule has 0 spiro atoms. The van der Waals surface area contributed by atoms with Crippen molar-refractivity contribution in [2.45, 2.75) is 32.6 Å². The summed E-state index contributed by atoms with van der Waals surface area (Å²) in [5, 5.41) is 3.50. The van der Waals surface area contributed by atoms with E-state index in [0.29, 0.717) is 0 Å². The molecule has 1 aromatic carbocycles. The summed E-state index contributed by atoms with van der Waals surface area (Å²) in [6, 6.07) is 8.65. The van der Waals surface area contributed by atoms with Crippen LogP contribution >= 0.6 is 0 Å². The predicted octanol–water partition coefficient (Wildman–Crippen LogP) is 3.77. The first-order valence-electron chi connectivity index (χ1n) is 11.1. The van der Waals surface area contributed by atoms with E-state index in [9.17, 15) is 0 Å². The number of rotatable bonds is 8. The minimum absolute atomic E-state index is 0.743. The molecule has 30 heavy (non-hydrogen) atoms. The topological polar surface area (TPSA) is 62.1 Å². The smallest absolute Gasteiger partial charge is 0.165 e. The molecule has 1 aliphatic heterocycles. The van der Waals surface area contributed by atoms with Crippen LogP contribution in [0.15, 0.2) is 30.6 Å². The van der Waals surface area contributed by atoms with Gasteiger partial charge in [-0.05, 0) is 37.7 Å². The highest BCUT2D eigenvalue weighted by atomic mass is 15.2. The zero-order chi connectivity index (χ0) is 20.9. The number of unbranched alkanes of at least 4 members (excludes halogenated alkanes) is 3. The largest absolute Gasteiger partial charge is 0.369 e. The monoisotopic (exact) mass is 407 g/mol. The highest BCUT2D eigenvalue weighted by Crippen LogP contribution is 2.26. The highest BCUT2D eigenvalue weighted by Gasteiger charge is 2.16. The number of fused-ring (bicyclic) bond motifs is 1. The molecule has 0 saturated carbocycles. The van der Waals surface area contributed by atoms with E-state index in [2.05, 4.69) is 58.3 Å². The second-order valence-corrected chi connectivity index (χ2v) is 8.25. The quantitative estimate of drug-likeness (QED) is 0.574. The molecule has 0 bridgehead atoms.